The van der Waals surface area contributed by atoms with Crippen molar-refractivity contribution in [2.24, 2.45) is 7.05 Å². The van der Waals surface area contributed by atoms with Crippen molar-refractivity contribution < 1.29 is 9.53 Å². The van der Waals surface area contributed by atoms with Crippen molar-refractivity contribution in [2.75, 3.05) is 18.2 Å². The summed E-state index contributed by atoms with van der Waals surface area (Å²) < 4.78 is 7.31. The number of aromatic nitrogens is 3. The second-order valence-electron chi connectivity index (χ2n) is 7.98. The maximum Gasteiger partial charge on any atom is 0.234 e. The second-order valence-corrected chi connectivity index (χ2v) is 8.92. The first-order valence-electron chi connectivity index (χ1n) is 11.0. The molecule has 0 radical (unpaired) electrons. The van der Waals surface area contributed by atoms with E-state index in [2.05, 4.69) is 34.6 Å². The Bertz CT molecular complexity index is 1260. The molecule has 0 saturated heterocycles. The molecule has 0 spiro atoms. The standard InChI is InChI=1S/C26H28N4O2S/c1-18-16-19(14-15-23(18)32-3)8-6-13-24-28-29-26(30(24)2)33-17-25(31)27-22-12-7-10-20-9-4-5-11-21(20)22/h4-5,7,9-12,14-16H,6,8,13,17H2,1-3H3,(H,27,31). The molecule has 170 valence electrons. The first-order chi connectivity index (χ1) is 16.0. The molecule has 0 aliphatic carbocycles. The summed E-state index contributed by atoms with van der Waals surface area (Å²) in [4.78, 5) is 12.6. The van der Waals surface area contributed by atoms with Crippen LogP contribution in [0.2, 0.25) is 0 Å². The van der Waals surface area contributed by atoms with Gasteiger partial charge in [0.1, 0.15) is 11.6 Å². The fraction of sp³-hybridized carbons (Fsp3) is 0.269. The summed E-state index contributed by atoms with van der Waals surface area (Å²) >= 11 is 1.40. The van der Waals surface area contributed by atoms with Gasteiger partial charge < -0.3 is 14.6 Å². The number of hydrogen-bond donors (Lipinski definition) is 1. The van der Waals surface area contributed by atoms with E-state index in [1.54, 1.807) is 7.11 Å². The van der Waals surface area contributed by atoms with Gasteiger partial charge in [-0.15, -0.1) is 10.2 Å². The maximum absolute atomic E-state index is 12.6. The zero-order valence-corrected chi connectivity index (χ0v) is 20.0. The largest absolute Gasteiger partial charge is 0.496 e. The van der Waals surface area contributed by atoms with Crippen molar-refractivity contribution in [2.45, 2.75) is 31.3 Å². The number of ether oxygens (including phenoxy) is 1. The van der Waals surface area contributed by atoms with Gasteiger partial charge in [-0.2, -0.15) is 0 Å². The summed E-state index contributed by atoms with van der Waals surface area (Å²) in [5.74, 6) is 2.06. The number of methoxy groups -OCH3 is 1. The Morgan fingerprint density at radius 3 is 2.70 bits per heavy atom. The van der Waals surface area contributed by atoms with Crippen molar-refractivity contribution >= 4 is 34.1 Å². The van der Waals surface area contributed by atoms with Crippen LogP contribution in [-0.2, 0) is 24.7 Å². The van der Waals surface area contributed by atoms with Gasteiger partial charge in [-0.1, -0.05) is 60.3 Å². The van der Waals surface area contributed by atoms with Gasteiger partial charge in [0.2, 0.25) is 5.91 Å². The van der Waals surface area contributed by atoms with Crippen molar-refractivity contribution in [3.05, 3.63) is 77.6 Å². The molecular weight excluding hydrogens is 432 g/mol. The predicted octanol–water partition coefficient (Wildman–Crippen LogP) is 5.19. The number of nitrogens with one attached hydrogen (secondary N) is 1. The SMILES string of the molecule is COc1ccc(CCCc2nnc(SCC(=O)Nc3cccc4ccccc34)n2C)cc1C. The lowest BCUT2D eigenvalue weighted by atomic mass is 10.0. The fourth-order valence-electron chi connectivity index (χ4n) is 3.89. The topological polar surface area (TPSA) is 69.0 Å². The molecule has 4 rings (SSSR count). The normalized spacial score (nSPS) is 11.0. The highest BCUT2D eigenvalue weighted by Crippen LogP contribution is 2.24. The number of carbonyl (C=O) groups excluding carboxylic acids is 1. The minimum Gasteiger partial charge on any atom is -0.496 e. The van der Waals surface area contributed by atoms with Crippen molar-refractivity contribution in [3.8, 4) is 5.75 Å². The molecule has 4 aromatic rings. The van der Waals surface area contributed by atoms with E-state index in [1.807, 2.05) is 60.1 Å². The van der Waals surface area contributed by atoms with Crippen LogP contribution in [-0.4, -0.2) is 33.5 Å². The molecule has 0 unspecified atom stereocenters. The Balaban J connectivity index is 1.29. The average molecular weight is 461 g/mol. The van der Waals surface area contributed by atoms with E-state index >= 15 is 0 Å². The van der Waals surface area contributed by atoms with Gasteiger partial charge in [-0.3, -0.25) is 4.79 Å². The van der Waals surface area contributed by atoms with Crippen molar-refractivity contribution in [3.63, 3.8) is 0 Å². The summed E-state index contributed by atoms with van der Waals surface area (Å²) in [5, 5.41) is 14.5. The monoisotopic (exact) mass is 460 g/mol. The Hall–Kier alpha value is -3.32. The number of hydrogen-bond acceptors (Lipinski definition) is 5. The molecule has 3 aromatic carbocycles. The maximum atomic E-state index is 12.6. The molecule has 1 N–H and O–H groups in total. The van der Waals surface area contributed by atoms with Crippen LogP contribution < -0.4 is 10.1 Å². The minimum absolute atomic E-state index is 0.0595. The summed E-state index contributed by atoms with van der Waals surface area (Å²) in [6.45, 7) is 2.06. The van der Waals surface area contributed by atoms with Gasteiger partial charge in [0.05, 0.1) is 12.9 Å². The number of aryl methyl sites for hydroxylation is 3. The molecule has 0 atom stereocenters. The summed E-state index contributed by atoms with van der Waals surface area (Å²) in [7, 11) is 3.65. The zero-order valence-electron chi connectivity index (χ0n) is 19.2. The highest BCUT2D eigenvalue weighted by atomic mass is 32.2. The third-order valence-corrected chi connectivity index (χ3v) is 6.67. The van der Waals surface area contributed by atoms with Gasteiger partial charge in [0.25, 0.3) is 0 Å². The van der Waals surface area contributed by atoms with E-state index in [4.69, 9.17) is 4.74 Å². The quantitative estimate of drug-likeness (QED) is 0.348. The Morgan fingerprint density at radius 2 is 1.88 bits per heavy atom. The van der Waals surface area contributed by atoms with E-state index in [9.17, 15) is 4.79 Å². The molecule has 0 aliphatic heterocycles. The van der Waals surface area contributed by atoms with E-state index in [0.717, 1.165) is 58.0 Å². The van der Waals surface area contributed by atoms with Gasteiger partial charge in [-0.25, -0.2) is 0 Å². The number of thioether (sulfide) groups is 1. The number of benzene rings is 3. The van der Waals surface area contributed by atoms with Crippen molar-refractivity contribution in [1.82, 2.24) is 14.8 Å². The third kappa shape index (κ3) is 5.54. The lowest BCUT2D eigenvalue weighted by Crippen LogP contribution is -2.14. The van der Waals surface area contributed by atoms with Crippen LogP contribution in [0.4, 0.5) is 5.69 Å². The van der Waals surface area contributed by atoms with Gasteiger partial charge in [0.15, 0.2) is 5.16 Å². The Labute approximate surface area is 198 Å². The molecular formula is C26H28N4O2S. The summed E-state index contributed by atoms with van der Waals surface area (Å²) in [6.07, 6.45) is 2.77. The van der Waals surface area contributed by atoms with Crippen LogP contribution in [0, 0.1) is 6.92 Å². The number of amides is 1. The number of nitrogens with zero attached hydrogens (tertiary/aromatic N) is 3. The predicted molar refractivity (Wildman–Crippen MR) is 134 cm³/mol. The van der Waals surface area contributed by atoms with Crippen LogP contribution in [0.3, 0.4) is 0 Å². The molecule has 1 heterocycles. The van der Waals surface area contributed by atoms with E-state index < -0.39 is 0 Å². The highest BCUT2D eigenvalue weighted by Gasteiger charge is 2.12. The smallest absolute Gasteiger partial charge is 0.234 e. The molecule has 0 bridgehead atoms. The van der Waals surface area contributed by atoms with Crippen molar-refractivity contribution in [1.29, 1.82) is 0 Å². The molecule has 1 amide bonds. The zero-order chi connectivity index (χ0) is 23.2. The molecule has 1 aromatic heterocycles. The lowest BCUT2D eigenvalue weighted by Gasteiger charge is -2.09. The van der Waals surface area contributed by atoms with E-state index in [-0.39, 0.29) is 11.7 Å². The van der Waals surface area contributed by atoms with Crippen LogP contribution in [0.5, 0.6) is 5.75 Å². The number of anilines is 1. The molecule has 0 saturated carbocycles. The fourth-order valence-corrected chi connectivity index (χ4v) is 4.62. The molecule has 0 fully saturated rings. The molecule has 6 nitrogen and oxygen atoms in total. The van der Waals surface area contributed by atoms with Crippen LogP contribution >= 0.6 is 11.8 Å². The van der Waals surface area contributed by atoms with Gasteiger partial charge >= 0.3 is 0 Å². The third-order valence-electron chi connectivity index (χ3n) is 5.65. The lowest BCUT2D eigenvalue weighted by molar-refractivity contribution is -0.113. The number of carbonyl (C=O) groups is 1. The van der Waals surface area contributed by atoms with Crippen LogP contribution in [0.25, 0.3) is 10.8 Å². The Kier molecular flexibility index (Phi) is 7.29. The molecule has 7 heteroatoms. The summed E-state index contributed by atoms with van der Waals surface area (Å²) in [5.41, 5.74) is 3.26. The van der Waals surface area contributed by atoms with Crippen LogP contribution in [0.15, 0.2) is 65.8 Å². The van der Waals surface area contributed by atoms with E-state index in [1.165, 1.54) is 17.3 Å². The average Bonchev–Trinajstić information content (AvgIpc) is 3.17. The van der Waals surface area contributed by atoms with E-state index in [0.29, 0.717) is 0 Å². The second kappa shape index (κ2) is 10.5. The first-order valence-corrected chi connectivity index (χ1v) is 12.0. The Morgan fingerprint density at radius 1 is 1.06 bits per heavy atom. The number of fused-ring (bicyclic) bond motifs is 1. The highest BCUT2D eigenvalue weighted by molar-refractivity contribution is 7.99. The molecule has 33 heavy (non-hydrogen) atoms. The molecule has 0 aliphatic rings. The van der Waals surface area contributed by atoms with Gasteiger partial charge in [-0.05, 0) is 48.4 Å². The van der Waals surface area contributed by atoms with Gasteiger partial charge in [0, 0.05) is 24.5 Å². The number of rotatable bonds is 9. The summed E-state index contributed by atoms with van der Waals surface area (Å²) in [6, 6.07) is 20.2. The first kappa shape index (κ1) is 22.9. The minimum atomic E-state index is -0.0595. The van der Waals surface area contributed by atoms with Crippen LogP contribution in [0.1, 0.15) is 23.4 Å².